The zero-order valence-corrected chi connectivity index (χ0v) is 8.18. The minimum absolute atomic E-state index is 0.00647. The second-order valence-electron chi connectivity index (χ2n) is 4.57. The van der Waals surface area contributed by atoms with Crippen molar-refractivity contribution in [3.63, 3.8) is 0 Å². The summed E-state index contributed by atoms with van der Waals surface area (Å²) in [5.74, 6) is -2.48. The molecule has 2 nitrogen and oxygen atoms in total. The smallest absolute Gasteiger partial charge is 0.249 e. The molecule has 14 heavy (non-hydrogen) atoms. The first-order chi connectivity index (χ1) is 6.57. The summed E-state index contributed by atoms with van der Waals surface area (Å²) in [4.78, 5) is 0. The Morgan fingerprint density at radius 2 is 2.00 bits per heavy atom. The number of aliphatic hydroxyl groups excluding tert-OH is 1. The van der Waals surface area contributed by atoms with Gasteiger partial charge in [-0.05, 0) is 25.7 Å². The molecule has 0 aromatic rings. The Balaban J connectivity index is 1.81. The van der Waals surface area contributed by atoms with Crippen LogP contribution in [-0.2, 0) is 0 Å². The second kappa shape index (κ2) is 3.74. The van der Waals surface area contributed by atoms with Crippen molar-refractivity contribution >= 4 is 0 Å². The molecule has 0 radical (unpaired) electrons. The van der Waals surface area contributed by atoms with Crippen LogP contribution in [0.3, 0.4) is 0 Å². The van der Waals surface area contributed by atoms with E-state index in [0.717, 1.165) is 19.3 Å². The first kappa shape index (κ1) is 10.3. The maximum Gasteiger partial charge on any atom is 0.249 e. The number of halogens is 2. The van der Waals surface area contributed by atoms with Crippen molar-refractivity contribution in [3.05, 3.63) is 0 Å². The van der Waals surface area contributed by atoms with Crippen molar-refractivity contribution in [2.45, 2.75) is 62.6 Å². The van der Waals surface area contributed by atoms with Gasteiger partial charge < -0.3 is 10.4 Å². The summed E-state index contributed by atoms with van der Waals surface area (Å²) in [7, 11) is 0. The van der Waals surface area contributed by atoms with Crippen molar-refractivity contribution < 1.29 is 13.9 Å². The van der Waals surface area contributed by atoms with Crippen LogP contribution in [-0.4, -0.2) is 29.2 Å². The number of alkyl halides is 2. The van der Waals surface area contributed by atoms with Gasteiger partial charge in [0, 0.05) is 24.9 Å². The Hall–Kier alpha value is -0.220. The average molecular weight is 205 g/mol. The quantitative estimate of drug-likeness (QED) is 0.718. The molecule has 2 N–H and O–H groups in total. The molecule has 4 heteroatoms. The Kier molecular flexibility index (Phi) is 2.75. The van der Waals surface area contributed by atoms with Gasteiger partial charge in [-0.2, -0.15) is 0 Å². The van der Waals surface area contributed by atoms with E-state index in [2.05, 4.69) is 5.32 Å². The highest BCUT2D eigenvalue weighted by molar-refractivity contribution is 4.91. The van der Waals surface area contributed by atoms with Crippen molar-refractivity contribution in [2.75, 3.05) is 0 Å². The summed E-state index contributed by atoms with van der Waals surface area (Å²) in [6.45, 7) is 0. The van der Waals surface area contributed by atoms with Gasteiger partial charge in [0.25, 0.3) is 0 Å². The molecule has 3 atom stereocenters. The Labute approximate surface area is 82.7 Å². The van der Waals surface area contributed by atoms with Gasteiger partial charge in [-0.15, -0.1) is 0 Å². The highest BCUT2D eigenvalue weighted by Crippen LogP contribution is 2.35. The minimum atomic E-state index is -2.48. The molecule has 1 unspecified atom stereocenters. The third kappa shape index (κ3) is 2.23. The Morgan fingerprint density at radius 3 is 2.50 bits per heavy atom. The van der Waals surface area contributed by atoms with E-state index in [-0.39, 0.29) is 31.0 Å². The second-order valence-corrected chi connectivity index (χ2v) is 4.57. The number of rotatable bonds is 2. The predicted octanol–water partition coefficient (Wildman–Crippen LogP) is 1.68. The average Bonchev–Trinajstić information content (AvgIpc) is 2.61. The molecule has 0 saturated heterocycles. The standard InChI is InChI=1S/C10H17F2NO/c11-10(12)5-4-7(6-10)13-8-2-1-3-9(8)14/h7-9,13-14H,1-6H2/t7?,8-,9-/m1/s1. The lowest BCUT2D eigenvalue weighted by atomic mass is 10.1. The van der Waals surface area contributed by atoms with E-state index in [9.17, 15) is 13.9 Å². The van der Waals surface area contributed by atoms with Gasteiger partial charge in [-0.3, -0.25) is 0 Å². The highest BCUT2D eigenvalue weighted by atomic mass is 19.3. The van der Waals surface area contributed by atoms with Crippen LogP contribution in [0, 0.1) is 0 Å². The maximum absolute atomic E-state index is 12.9. The Morgan fingerprint density at radius 1 is 1.21 bits per heavy atom. The van der Waals surface area contributed by atoms with Crippen LogP contribution in [0.4, 0.5) is 8.78 Å². The topological polar surface area (TPSA) is 32.3 Å². The van der Waals surface area contributed by atoms with Crippen LogP contribution in [0.25, 0.3) is 0 Å². The molecular weight excluding hydrogens is 188 g/mol. The number of hydrogen-bond donors (Lipinski definition) is 2. The zero-order valence-electron chi connectivity index (χ0n) is 8.18. The van der Waals surface area contributed by atoms with Crippen LogP contribution in [0.2, 0.25) is 0 Å². The third-order valence-electron chi connectivity index (χ3n) is 3.33. The summed E-state index contributed by atoms with van der Waals surface area (Å²) in [5, 5.41) is 12.7. The maximum atomic E-state index is 12.9. The fraction of sp³-hybridized carbons (Fsp3) is 1.00. The molecule has 0 aliphatic heterocycles. The molecule has 0 heterocycles. The molecule has 2 saturated carbocycles. The van der Waals surface area contributed by atoms with Gasteiger partial charge in [0.1, 0.15) is 0 Å². The van der Waals surface area contributed by atoms with Gasteiger partial charge in [0.05, 0.1) is 6.10 Å². The lowest BCUT2D eigenvalue weighted by Crippen LogP contribution is -2.41. The molecule has 2 fully saturated rings. The summed E-state index contributed by atoms with van der Waals surface area (Å²) in [5.41, 5.74) is 0. The van der Waals surface area contributed by atoms with Crippen LogP contribution in [0.15, 0.2) is 0 Å². The zero-order chi connectivity index (χ0) is 10.2. The molecule has 2 rings (SSSR count). The molecule has 82 valence electrons. The number of nitrogens with one attached hydrogen (secondary N) is 1. The van der Waals surface area contributed by atoms with Gasteiger partial charge in [0.15, 0.2) is 0 Å². The van der Waals surface area contributed by atoms with Crippen LogP contribution in [0.1, 0.15) is 38.5 Å². The fourth-order valence-corrected chi connectivity index (χ4v) is 2.53. The molecule has 0 aromatic heterocycles. The summed E-state index contributed by atoms with van der Waals surface area (Å²) >= 11 is 0. The molecular formula is C10H17F2NO. The minimum Gasteiger partial charge on any atom is -0.392 e. The summed E-state index contributed by atoms with van der Waals surface area (Å²) in [6, 6.07) is -0.0448. The van der Waals surface area contributed by atoms with Crippen molar-refractivity contribution in [3.8, 4) is 0 Å². The first-order valence-corrected chi connectivity index (χ1v) is 5.39. The monoisotopic (exact) mass is 205 g/mol. The number of hydrogen-bond acceptors (Lipinski definition) is 2. The van der Waals surface area contributed by atoms with Crippen molar-refractivity contribution in [2.24, 2.45) is 0 Å². The lowest BCUT2D eigenvalue weighted by Gasteiger charge is -2.21. The summed E-state index contributed by atoms with van der Waals surface area (Å²) < 4.78 is 25.7. The van der Waals surface area contributed by atoms with Crippen LogP contribution < -0.4 is 5.32 Å². The SMILES string of the molecule is O[C@@H]1CCC[C@H]1NC1CCC(F)(F)C1. The molecule has 0 aromatic carbocycles. The first-order valence-electron chi connectivity index (χ1n) is 5.39. The normalized spacial score (nSPS) is 41.8. The van der Waals surface area contributed by atoms with E-state index in [1.165, 1.54) is 0 Å². The van der Waals surface area contributed by atoms with Gasteiger partial charge in [0.2, 0.25) is 5.92 Å². The molecule has 2 aliphatic rings. The van der Waals surface area contributed by atoms with Gasteiger partial charge >= 0.3 is 0 Å². The van der Waals surface area contributed by atoms with E-state index >= 15 is 0 Å². The largest absolute Gasteiger partial charge is 0.392 e. The van der Waals surface area contributed by atoms with E-state index < -0.39 is 5.92 Å². The molecule has 0 amide bonds. The Bertz CT molecular complexity index is 210. The van der Waals surface area contributed by atoms with Crippen molar-refractivity contribution in [1.82, 2.24) is 5.32 Å². The van der Waals surface area contributed by atoms with Gasteiger partial charge in [-0.25, -0.2) is 8.78 Å². The van der Waals surface area contributed by atoms with Gasteiger partial charge in [-0.1, -0.05) is 0 Å². The third-order valence-corrected chi connectivity index (χ3v) is 3.33. The summed E-state index contributed by atoms with van der Waals surface area (Å²) in [6.07, 6.45) is 2.87. The van der Waals surface area contributed by atoms with Crippen molar-refractivity contribution in [1.29, 1.82) is 0 Å². The molecule has 2 aliphatic carbocycles. The van der Waals surface area contributed by atoms with Crippen LogP contribution >= 0.6 is 0 Å². The fourth-order valence-electron chi connectivity index (χ4n) is 2.53. The lowest BCUT2D eigenvalue weighted by molar-refractivity contribution is 0.00591. The number of aliphatic hydroxyl groups is 1. The van der Waals surface area contributed by atoms with E-state index in [1.54, 1.807) is 0 Å². The predicted molar refractivity (Wildman–Crippen MR) is 49.4 cm³/mol. The highest BCUT2D eigenvalue weighted by Gasteiger charge is 2.40. The van der Waals surface area contributed by atoms with E-state index in [0.29, 0.717) is 6.42 Å². The van der Waals surface area contributed by atoms with Crippen LogP contribution in [0.5, 0.6) is 0 Å². The van der Waals surface area contributed by atoms with E-state index in [1.807, 2.05) is 0 Å². The van der Waals surface area contributed by atoms with E-state index in [4.69, 9.17) is 0 Å². The molecule has 0 bridgehead atoms. The molecule has 0 spiro atoms.